The molecule has 0 heterocycles. The second-order valence-electron chi connectivity index (χ2n) is 13.5. The minimum absolute atomic E-state index is 0. The van der Waals surface area contributed by atoms with Crippen LogP contribution in [0.15, 0.2) is 24.3 Å². The van der Waals surface area contributed by atoms with Crippen LogP contribution in [0.3, 0.4) is 0 Å². The van der Waals surface area contributed by atoms with Gasteiger partial charge < -0.3 is 50.8 Å². The fraction of sp³-hybridized carbons (Fsp3) is 0.895. The number of halogens is 6. The molecule has 20 heteroatoms. The van der Waals surface area contributed by atoms with Gasteiger partial charge in [0.15, 0.2) is 0 Å². The van der Waals surface area contributed by atoms with E-state index in [0.29, 0.717) is 90.9 Å². The summed E-state index contributed by atoms with van der Waals surface area (Å²) in [5, 5.41) is 0. The minimum Gasteiger partial charge on any atom is -0.330 e. The molecule has 0 aliphatic carbocycles. The zero-order chi connectivity index (χ0) is 38.4. The van der Waals surface area contributed by atoms with Crippen LogP contribution in [0.5, 0.6) is 0 Å². The highest BCUT2D eigenvalue weighted by Crippen LogP contribution is 2.49. The van der Waals surface area contributed by atoms with E-state index in [4.69, 9.17) is 41.0 Å². The van der Waals surface area contributed by atoms with Gasteiger partial charge in [-0.3, -0.25) is 9.13 Å². The molecule has 2 unspecified atom stereocenters. The molecule has 0 spiro atoms. The van der Waals surface area contributed by atoms with Crippen molar-refractivity contribution in [3.8, 4) is 0 Å². The first kappa shape index (κ1) is 73.7. The molecule has 0 radical (unpaired) electrons. The van der Waals surface area contributed by atoms with Gasteiger partial charge in [0.05, 0.1) is 38.8 Å². The van der Waals surface area contributed by atoms with Crippen LogP contribution in [-0.2, 0) is 27.2 Å². The maximum atomic E-state index is 13.8. The van der Waals surface area contributed by atoms with Crippen LogP contribution in [0.4, 0.5) is 0 Å². The van der Waals surface area contributed by atoms with Gasteiger partial charge in [0.1, 0.15) is 0 Å². The van der Waals surface area contributed by atoms with Gasteiger partial charge in [-0.1, -0.05) is 76.7 Å². The lowest BCUT2D eigenvalue weighted by molar-refractivity contribution is 0.190. The van der Waals surface area contributed by atoms with E-state index in [1.165, 1.54) is 25.7 Å². The molecule has 2 atom stereocenters. The van der Waals surface area contributed by atoms with Crippen LogP contribution in [0.25, 0.3) is 0 Å². The molecule has 0 saturated heterocycles. The first-order chi connectivity index (χ1) is 25.3. The molecule has 358 valence electrons. The predicted molar refractivity (Wildman–Crippen MR) is 265 cm³/mol. The number of nitrogens with two attached hydrogens (primary N) is 4. The van der Waals surface area contributed by atoms with Gasteiger partial charge in [-0.15, -0.1) is 74.4 Å². The standard InChI is InChI=1S/C38H82N6O6P2.6ClH/c1-3-5-7-9-11-15-33-47-51(45,37-31-43(27-19-23-39)28-20-24-40)49-35-17-13-14-18-36-50-52(46,48-34-16-12-10-8-6-4-2)38-32-44(29-21-25-41)30-22-26-42;;;;;;/h9-12H,3-8,13-42H2,1-2H3;6*1H/b11-9-,12-10-;;;;;;. The molecular weight excluding hydrogens is 911 g/mol. The molecule has 0 aromatic heterocycles. The van der Waals surface area contributed by atoms with E-state index in [2.05, 4.69) is 48.0 Å². The summed E-state index contributed by atoms with van der Waals surface area (Å²) in [5.41, 5.74) is 23.0. The number of allylic oxidation sites excluding steroid dienone is 2. The zero-order valence-electron chi connectivity index (χ0n) is 35.9. The highest BCUT2D eigenvalue weighted by molar-refractivity contribution is 7.54. The van der Waals surface area contributed by atoms with E-state index in [9.17, 15) is 9.13 Å². The van der Waals surface area contributed by atoms with Crippen LogP contribution in [0.2, 0.25) is 0 Å². The average molecular weight is 1000 g/mol. The average Bonchev–Trinajstić information content (AvgIpc) is 3.14. The third-order valence-corrected chi connectivity index (χ3v) is 12.4. The minimum atomic E-state index is -3.27. The molecular formula is C38H88Cl6N6O6P2. The Labute approximate surface area is 392 Å². The Morgan fingerprint density at radius 3 is 0.983 bits per heavy atom. The van der Waals surface area contributed by atoms with Gasteiger partial charge in [0.25, 0.3) is 0 Å². The Morgan fingerprint density at radius 2 is 0.690 bits per heavy atom. The molecule has 0 amide bonds. The molecule has 0 fully saturated rings. The molecule has 12 nitrogen and oxygen atoms in total. The highest BCUT2D eigenvalue weighted by atomic mass is 35.5. The van der Waals surface area contributed by atoms with Gasteiger partial charge in [-0.05, 0) is 117 Å². The van der Waals surface area contributed by atoms with Crippen LogP contribution in [-0.4, -0.2) is 114 Å². The Balaban J connectivity index is -0.000000867. The summed E-state index contributed by atoms with van der Waals surface area (Å²) in [6.45, 7) is 12.9. The molecule has 8 N–H and O–H groups in total. The second-order valence-corrected chi connectivity index (χ2v) is 17.8. The quantitative estimate of drug-likeness (QED) is 0.0259. The van der Waals surface area contributed by atoms with Gasteiger partial charge in [0.2, 0.25) is 0 Å². The van der Waals surface area contributed by atoms with E-state index >= 15 is 0 Å². The van der Waals surface area contributed by atoms with Crippen molar-refractivity contribution in [3.05, 3.63) is 24.3 Å². The monoisotopic (exact) mass is 996 g/mol. The third kappa shape index (κ3) is 46.8. The van der Waals surface area contributed by atoms with Crippen LogP contribution < -0.4 is 22.9 Å². The van der Waals surface area contributed by atoms with Crippen molar-refractivity contribution in [2.24, 2.45) is 22.9 Å². The molecule has 0 aromatic carbocycles. The maximum Gasteiger partial charge on any atom is 0.331 e. The fourth-order valence-corrected chi connectivity index (χ4v) is 8.69. The smallest absolute Gasteiger partial charge is 0.330 e. The number of hydrogen-bond donors (Lipinski definition) is 4. The van der Waals surface area contributed by atoms with Crippen LogP contribution >= 0.6 is 89.6 Å². The Bertz CT molecular complexity index is 872. The summed E-state index contributed by atoms with van der Waals surface area (Å²) in [7, 11) is -6.55. The van der Waals surface area contributed by atoms with E-state index in [1.54, 1.807) is 0 Å². The molecule has 0 rings (SSSR count). The first-order valence-corrected chi connectivity index (χ1v) is 24.1. The lowest BCUT2D eigenvalue weighted by Gasteiger charge is -2.25. The van der Waals surface area contributed by atoms with Crippen molar-refractivity contribution in [2.45, 2.75) is 117 Å². The molecule has 0 aliphatic rings. The molecule has 0 bridgehead atoms. The summed E-state index contributed by atoms with van der Waals surface area (Å²) >= 11 is 0. The Morgan fingerprint density at radius 1 is 0.397 bits per heavy atom. The van der Waals surface area contributed by atoms with Crippen LogP contribution in [0, 0.1) is 0 Å². The normalized spacial score (nSPS) is 13.2. The van der Waals surface area contributed by atoms with Gasteiger partial charge in [-0.25, -0.2) is 0 Å². The Hall–Kier alpha value is 1.28. The van der Waals surface area contributed by atoms with Crippen LogP contribution in [0.1, 0.15) is 117 Å². The number of rotatable bonds is 41. The van der Waals surface area contributed by atoms with Gasteiger partial charge >= 0.3 is 15.2 Å². The van der Waals surface area contributed by atoms with Crippen molar-refractivity contribution in [2.75, 3.05) is 104 Å². The topological polar surface area (TPSA) is 182 Å². The first-order valence-electron chi connectivity index (χ1n) is 20.6. The lowest BCUT2D eigenvalue weighted by Crippen LogP contribution is -2.31. The number of unbranched alkanes of at least 4 members (excludes halogenated alkanes) is 7. The molecule has 58 heavy (non-hydrogen) atoms. The summed E-state index contributed by atoms with van der Waals surface area (Å²) in [6.07, 6.45) is 24.2. The summed E-state index contributed by atoms with van der Waals surface area (Å²) < 4.78 is 51.5. The fourth-order valence-electron chi connectivity index (χ4n) is 5.39. The lowest BCUT2D eigenvalue weighted by atomic mass is 10.2. The van der Waals surface area contributed by atoms with E-state index in [-0.39, 0.29) is 74.4 Å². The summed E-state index contributed by atoms with van der Waals surface area (Å²) in [4.78, 5) is 4.52. The van der Waals surface area contributed by atoms with Crippen molar-refractivity contribution < 1.29 is 27.2 Å². The molecule has 0 saturated carbocycles. The van der Waals surface area contributed by atoms with Gasteiger partial charge in [0, 0.05) is 13.1 Å². The molecule has 0 aliphatic heterocycles. The predicted octanol–water partition coefficient (Wildman–Crippen LogP) is 9.80. The second kappa shape index (κ2) is 54.4. The summed E-state index contributed by atoms with van der Waals surface area (Å²) in [5.74, 6) is 0. The third-order valence-electron chi connectivity index (χ3n) is 8.64. The van der Waals surface area contributed by atoms with E-state index in [0.717, 1.165) is 90.4 Å². The maximum absolute atomic E-state index is 13.8. The SMILES string of the molecule is CCCC/C=C\CCOP(=O)(CCN(CCCN)CCCN)OCCCCCCOP(=O)(CCN(CCCN)CCCN)OCC/C=C\CCCC.Cl.Cl.Cl.Cl.Cl.Cl. The zero-order valence-corrected chi connectivity index (χ0v) is 42.6. The largest absolute Gasteiger partial charge is 0.331 e. The van der Waals surface area contributed by atoms with E-state index in [1.807, 2.05) is 0 Å². The van der Waals surface area contributed by atoms with Crippen molar-refractivity contribution in [1.82, 2.24) is 9.80 Å². The van der Waals surface area contributed by atoms with Crippen molar-refractivity contribution in [1.29, 1.82) is 0 Å². The number of nitrogens with zero attached hydrogens (tertiary/aromatic N) is 2. The Kier molecular flexibility index (Phi) is 69.1. The van der Waals surface area contributed by atoms with Crippen molar-refractivity contribution >= 4 is 89.6 Å². The number of hydrogen-bond acceptors (Lipinski definition) is 12. The highest BCUT2D eigenvalue weighted by Gasteiger charge is 2.27. The summed E-state index contributed by atoms with van der Waals surface area (Å²) in [6, 6.07) is 0. The van der Waals surface area contributed by atoms with E-state index < -0.39 is 15.2 Å². The molecule has 0 aromatic rings. The van der Waals surface area contributed by atoms with Gasteiger partial charge in [-0.2, -0.15) is 0 Å². The van der Waals surface area contributed by atoms with Crippen molar-refractivity contribution in [3.63, 3.8) is 0 Å².